The first-order chi connectivity index (χ1) is 16.6. The molecule has 1 aromatic heterocycles. The second-order valence-corrected chi connectivity index (χ2v) is 8.30. The Hall–Kier alpha value is -3.62. The zero-order chi connectivity index (χ0) is 25.6. The van der Waals surface area contributed by atoms with E-state index >= 15 is 0 Å². The lowest BCUT2D eigenvalue weighted by molar-refractivity contribution is -0.139. The maximum Gasteiger partial charge on any atom is 0.416 e. The summed E-state index contributed by atoms with van der Waals surface area (Å²) in [5, 5.41) is 8.83. The number of rotatable bonds is 10. The smallest absolute Gasteiger partial charge is 0.416 e. The van der Waals surface area contributed by atoms with Gasteiger partial charge in [0.05, 0.1) is 11.3 Å². The number of alkyl halides is 3. The Morgan fingerprint density at radius 2 is 1.80 bits per heavy atom. The number of nitrogens with zero attached hydrogens (tertiary/aromatic N) is 3. The van der Waals surface area contributed by atoms with Crippen LogP contribution in [-0.2, 0) is 17.5 Å². The fourth-order valence-corrected chi connectivity index (χ4v) is 3.81. The number of benzene rings is 2. The van der Waals surface area contributed by atoms with Gasteiger partial charge >= 0.3 is 12.1 Å². The summed E-state index contributed by atoms with van der Waals surface area (Å²) in [6, 6.07) is 10.6. The predicted molar refractivity (Wildman–Crippen MR) is 127 cm³/mol. The third-order valence-corrected chi connectivity index (χ3v) is 5.59. The summed E-state index contributed by atoms with van der Waals surface area (Å²) >= 11 is 0. The van der Waals surface area contributed by atoms with Crippen LogP contribution in [0.15, 0.2) is 48.8 Å². The third kappa shape index (κ3) is 6.71. The van der Waals surface area contributed by atoms with Crippen LogP contribution in [-0.4, -0.2) is 34.2 Å². The number of hydrogen-bond donors (Lipinski definition) is 1. The molecule has 0 aliphatic carbocycles. The molecule has 3 aromatic rings. The zero-order valence-corrected chi connectivity index (χ0v) is 19.9. The van der Waals surface area contributed by atoms with Crippen molar-refractivity contribution in [2.24, 2.45) is 0 Å². The van der Waals surface area contributed by atoms with Crippen LogP contribution in [0.2, 0.25) is 0 Å². The highest BCUT2D eigenvalue weighted by molar-refractivity contribution is 5.69. The van der Waals surface area contributed by atoms with Crippen molar-refractivity contribution in [3.8, 4) is 17.0 Å². The SMILES string of the molecule is CCCCN(Cc1ccc(OCC(=O)O)c(C)c1)c1ncnc(-c2ccc(C(F)(F)F)cc2)c1C. The number of ether oxygens (including phenoxy) is 1. The van der Waals surface area contributed by atoms with Gasteiger partial charge in [0.1, 0.15) is 17.9 Å². The van der Waals surface area contributed by atoms with E-state index in [-0.39, 0.29) is 0 Å². The number of aliphatic carboxylic acids is 1. The molecule has 35 heavy (non-hydrogen) atoms. The first kappa shape index (κ1) is 26.0. The van der Waals surface area contributed by atoms with Crippen LogP contribution in [0.3, 0.4) is 0 Å². The van der Waals surface area contributed by atoms with E-state index in [2.05, 4.69) is 21.8 Å². The number of carboxylic acids is 1. The Balaban J connectivity index is 1.89. The quantitative estimate of drug-likeness (QED) is 0.375. The summed E-state index contributed by atoms with van der Waals surface area (Å²) in [4.78, 5) is 21.8. The van der Waals surface area contributed by atoms with Gasteiger partial charge < -0.3 is 14.7 Å². The van der Waals surface area contributed by atoms with Crippen LogP contribution < -0.4 is 9.64 Å². The monoisotopic (exact) mass is 487 g/mol. The van der Waals surface area contributed by atoms with Crippen LogP contribution in [0, 0.1) is 13.8 Å². The van der Waals surface area contributed by atoms with Crippen LogP contribution in [0.5, 0.6) is 5.75 Å². The number of aromatic nitrogens is 2. The normalized spacial score (nSPS) is 11.4. The van der Waals surface area contributed by atoms with Crippen LogP contribution >= 0.6 is 0 Å². The maximum absolute atomic E-state index is 13.0. The van der Waals surface area contributed by atoms with Gasteiger partial charge in [-0.05, 0) is 49.6 Å². The number of anilines is 1. The Kier molecular flexibility index (Phi) is 8.32. The molecule has 9 heteroatoms. The molecule has 2 aromatic carbocycles. The van der Waals surface area contributed by atoms with Crippen LogP contribution in [0.1, 0.15) is 42.0 Å². The van der Waals surface area contributed by atoms with Crippen molar-refractivity contribution >= 4 is 11.8 Å². The van der Waals surface area contributed by atoms with Gasteiger partial charge in [0.25, 0.3) is 0 Å². The highest BCUT2D eigenvalue weighted by Gasteiger charge is 2.30. The molecule has 0 bridgehead atoms. The minimum absolute atomic E-state index is 0.407. The second kappa shape index (κ2) is 11.2. The summed E-state index contributed by atoms with van der Waals surface area (Å²) in [7, 11) is 0. The first-order valence-electron chi connectivity index (χ1n) is 11.3. The molecule has 186 valence electrons. The molecule has 1 heterocycles. The summed E-state index contributed by atoms with van der Waals surface area (Å²) in [5.74, 6) is 0.188. The van der Waals surface area contributed by atoms with E-state index < -0.39 is 24.3 Å². The largest absolute Gasteiger partial charge is 0.482 e. The summed E-state index contributed by atoms with van der Waals surface area (Å²) < 4.78 is 44.2. The van der Waals surface area contributed by atoms with Gasteiger partial charge in [-0.15, -0.1) is 0 Å². The molecule has 0 unspecified atom stereocenters. The highest BCUT2D eigenvalue weighted by Crippen LogP contribution is 2.33. The van der Waals surface area contributed by atoms with Crippen molar-refractivity contribution in [2.75, 3.05) is 18.1 Å². The Morgan fingerprint density at radius 3 is 2.40 bits per heavy atom. The fourth-order valence-electron chi connectivity index (χ4n) is 3.81. The van der Waals surface area contributed by atoms with Crippen molar-refractivity contribution in [1.82, 2.24) is 9.97 Å². The number of hydrogen-bond acceptors (Lipinski definition) is 5. The van der Waals surface area contributed by atoms with Gasteiger partial charge in [-0.2, -0.15) is 13.2 Å². The Labute approximate surface area is 202 Å². The molecule has 0 spiro atoms. The van der Waals surface area contributed by atoms with E-state index in [1.165, 1.54) is 18.5 Å². The lowest BCUT2D eigenvalue weighted by Crippen LogP contribution is -2.26. The molecule has 0 fully saturated rings. The average molecular weight is 488 g/mol. The number of carbonyl (C=O) groups is 1. The molecule has 0 atom stereocenters. The van der Waals surface area contributed by atoms with Gasteiger partial charge in [0.15, 0.2) is 6.61 Å². The molecular weight excluding hydrogens is 459 g/mol. The van der Waals surface area contributed by atoms with Crippen molar-refractivity contribution in [3.05, 3.63) is 71.0 Å². The van der Waals surface area contributed by atoms with E-state index in [0.717, 1.165) is 48.2 Å². The molecule has 0 radical (unpaired) electrons. The lowest BCUT2D eigenvalue weighted by Gasteiger charge is -2.26. The third-order valence-electron chi connectivity index (χ3n) is 5.59. The first-order valence-corrected chi connectivity index (χ1v) is 11.3. The van der Waals surface area contributed by atoms with Crippen molar-refractivity contribution in [3.63, 3.8) is 0 Å². The Bertz CT molecular complexity index is 1160. The van der Waals surface area contributed by atoms with Gasteiger partial charge in [-0.25, -0.2) is 14.8 Å². The molecule has 0 saturated carbocycles. The fraction of sp³-hybridized carbons (Fsp3) is 0.346. The van der Waals surface area contributed by atoms with E-state index in [1.807, 2.05) is 26.0 Å². The minimum Gasteiger partial charge on any atom is -0.482 e. The van der Waals surface area contributed by atoms with Crippen molar-refractivity contribution in [1.29, 1.82) is 0 Å². The summed E-state index contributed by atoms with van der Waals surface area (Å²) in [6.07, 6.45) is -1.05. The molecule has 0 saturated heterocycles. The average Bonchev–Trinajstić information content (AvgIpc) is 2.81. The van der Waals surface area contributed by atoms with Crippen molar-refractivity contribution < 1.29 is 27.8 Å². The van der Waals surface area contributed by atoms with Gasteiger partial charge in [0, 0.05) is 24.2 Å². The molecule has 0 aliphatic rings. The van der Waals surface area contributed by atoms with Crippen LogP contribution in [0.4, 0.5) is 19.0 Å². The standard InChI is InChI=1S/C26H28F3N3O3/c1-4-5-12-32(14-19-6-11-22(17(2)13-19)35-15-23(33)34)25-18(3)24(30-16-31-25)20-7-9-21(10-8-20)26(27,28)29/h6-11,13,16H,4-5,12,14-15H2,1-3H3,(H,33,34). The molecule has 3 rings (SSSR count). The molecule has 0 aliphatic heterocycles. The zero-order valence-electron chi connectivity index (χ0n) is 19.9. The topological polar surface area (TPSA) is 75.5 Å². The summed E-state index contributed by atoms with van der Waals surface area (Å²) in [6.45, 7) is 6.69. The highest BCUT2D eigenvalue weighted by atomic mass is 19.4. The molecular formula is C26H28F3N3O3. The summed E-state index contributed by atoms with van der Waals surface area (Å²) in [5.41, 5.74) is 3.06. The molecule has 6 nitrogen and oxygen atoms in total. The lowest BCUT2D eigenvalue weighted by atomic mass is 10.0. The maximum atomic E-state index is 13.0. The van der Waals surface area contributed by atoms with E-state index in [9.17, 15) is 18.0 Å². The van der Waals surface area contributed by atoms with Gasteiger partial charge in [0.2, 0.25) is 0 Å². The molecule has 1 N–H and O–H groups in total. The molecule has 0 amide bonds. The number of halogens is 3. The number of aryl methyl sites for hydroxylation is 1. The van der Waals surface area contributed by atoms with Gasteiger partial charge in [-0.1, -0.05) is 37.6 Å². The van der Waals surface area contributed by atoms with E-state index in [0.29, 0.717) is 29.4 Å². The Morgan fingerprint density at radius 1 is 1.09 bits per heavy atom. The second-order valence-electron chi connectivity index (χ2n) is 8.30. The van der Waals surface area contributed by atoms with E-state index in [1.54, 1.807) is 6.07 Å². The van der Waals surface area contributed by atoms with E-state index in [4.69, 9.17) is 9.84 Å². The van der Waals surface area contributed by atoms with Crippen molar-refractivity contribution in [2.45, 2.75) is 46.3 Å². The number of unbranched alkanes of at least 4 members (excludes halogenated alkanes) is 1. The van der Waals surface area contributed by atoms with Crippen LogP contribution in [0.25, 0.3) is 11.3 Å². The predicted octanol–water partition coefficient (Wildman–Crippen LogP) is 6.05. The minimum atomic E-state index is -4.40. The number of carboxylic acid groups (broad SMARTS) is 1. The van der Waals surface area contributed by atoms with Gasteiger partial charge in [-0.3, -0.25) is 0 Å².